The minimum atomic E-state index is -0.298. The third-order valence-electron chi connectivity index (χ3n) is 3.22. The molecule has 0 fully saturated rings. The summed E-state index contributed by atoms with van der Waals surface area (Å²) in [6, 6.07) is 9.65. The molecule has 1 aromatic carbocycles. The van der Waals surface area contributed by atoms with Crippen LogP contribution < -0.4 is 5.48 Å². The normalized spacial score (nSPS) is 11.0. The van der Waals surface area contributed by atoms with E-state index in [-0.39, 0.29) is 5.91 Å². The summed E-state index contributed by atoms with van der Waals surface area (Å²) in [5, 5.41) is 4.29. The van der Waals surface area contributed by atoms with Crippen LogP contribution in [-0.4, -0.2) is 15.7 Å². The van der Waals surface area contributed by atoms with Gasteiger partial charge in [0.15, 0.2) is 0 Å². The Labute approximate surface area is 124 Å². The van der Waals surface area contributed by atoms with Gasteiger partial charge in [-0.25, -0.2) is 5.48 Å². The fourth-order valence-corrected chi connectivity index (χ4v) is 1.99. The van der Waals surface area contributed by atoms with E-state index in [2.05, 4.69) is 10.6 Å². The van der Waals surface area contributed by atoms with E-state index in [1.807, 2.05) is 51.2 Å². The maximum atomic E-state index is 11.7. The van der Waals surface area contributed by atoms with E-state index in [9.17, 15) is 4.79 Å². The molecule has 0 unspecified atom stereocenters. The number of hydroxylamine groups is 1. The Morgan fingerprint density at radius 2 is 2.05 bits per heavy atom. The third-order valence-corrected chi connectivity index (χ3v) is 3.22. The SMILES string of the molecule is Cc1nn(C)c(C)c1/C=C/C(=O)NOCc1ccccc1. The molecule has 0 aliphatic rings. The Balaban J connectivity index is 1.86. The van der Waals surface area contributed by atoms with Gasteiger partial charge < -0.3 is 0 Å². The first-order valence-corrected chi connectivity index (χ1v) is 6.72. The molecule has 0 atom stereocenters. The van der Waals surface area contributed by atoms with E-state index < -0.39 is 0 Å². The number of hydrogen-bond acceptors (Lipinski definition) is 3. The first-order valence-electron chi connectivity index (χ1n) is 6.72. The van der Waals surface area contributed by atoms with Gasteiger partial charge in [-0.3, -0.25) is 14.3 Å². The smallest absolute Gasteiger partial charge is 0.267 e. The van der Waals surface area contributed by atoms with E-state index in [0.717, 1.165) is 22.5 Å². The summed E-state index contributed by atoms with van der Waals surface area (Å²) in [7, 11) is 1.88. The standard InChI is InChI=1S/C16H19N3O2/c1-12-15(13(2)19(3)17-12)9-10-16(20)18-21-11-14-7-5-4-6-8-14/h4-10H,11H2,1-3H3,(H,18,20)/b10-9+. The highest BCUT2D eigenvalue weighted by Crippen LogP contribution is 2.13. The van der Waals surface area contributed by atoms with E-state index >= 15 is 0 Å². The van der Waals surface area contributed by atoms with Crippen molar-refractivity contribution in [3.05, 3.63) is 58.9 Å². The number of aromatic nitrogens is 2. The molecule has 1 amide bonds. The maximum absolute atomic E-state index is 11.7. The number of hydrogen-bond donors (Lipinski definition) is 1. The molecule has 110 valence electrons. The Kier molecular flexibility index (Phi) is 4.90. The van der Waals surface area contributed by atoms with Crippen LogP contribution in [0.1, 0.15) is 22.5 Å². The molecule has 1 aromatic heterocycles. The van der Waals surface area contributed by atoms with Crippen molar-refractivity contribution in [2.24, 2.45) is 7.05 Å². The molecule has 2 rings (SSSR count). The van der Waals surface area contributed by atoms with Crippen LogP contribution in [-0.2, 0) is 23.3 Å². The summed E-state index contributed by atoms with van der Waals surface area (Å²) in [5.74, 6) is -0.298. The molecular weight excluding hydrogens is 266 g/mol. The summed E-state index contributed by atoms with van der Waals surface area (Å²) in [5.41, 5.74) is 6.26. The fraction of sp³-hybridized carbons (Fsp3) is 0.250. The third kappa shape index (κ3) is 4.03. The molecule has 2 aromatic rings. The summed E-state index contributed by atoms with van der Waals surface area (Å²) in [6.07, 6.45) is 3.20. The first-order chi connectivity index (χ1) is 10.1. The molecule has 21 heavy (non-hydrogen) atoms. The second kappa shape index (κ2) is 6.85. The van der Waals surface area contributed by atoms with Crippen LogP contribution in [0.2, 0.25) is 0 Å². The van der Waals surface area contributed by atoms with Crippen LogP contribution >= 0.6 is 0 Å². The van der Waals surface area contributed by atoms with Gasteiger partial charge in [0.2, 0.25) is 0 Å². The lowest BCUT2D eigenvalue weighted by Gasteiger charge is -2.03. The zero-order valence-electron chi connectivity index (χ0n) is 12.5. The zero-order chi connectivity index (χ0) is 15.2. The lowest BCUT2D eigenvalue weighted by molar-refractivity contribution is -0.129. The fourth-order valence-electron chi connectivity index (χ4n) is 1.99. The molecule has 0 spiro atoms. The van der Waals surface area contributed by atoms with Crippen molar-refractivity contribution in [3.63, 3.8) is 0 Å². The number of amides is 1. The van der Waals surface area contributed by atoms with Crippen molar-refractivity contribution in [2.45, 2.75) is 20.5 Å². The zero-order valence-corrected chi connectivity index (χ0v) is 12.5. The van der Waals surface area contributed by atoms with Crippen molar-refractivity contribution in [1.29, 1.82) is 0 Å². The van der Waals surface area contributed by atoms with Crippen LogP contribution in [0.4, 0.5) is 0 Å². The van der Waals surface area contributed by atoms with Gasteiger partial charge in [0, 0.05) is 24.4 Å². The lowest BCUT2D eigenvalue weighted by atomic mass is 10.2. The van der Waals surface area contributed by atoms with Crippen molar-refractivity contribution >= 4 is 12.0 Å². The van der Waals surface area contributed by atoms with Crippen LogP contribution in [0.15, 0.2) is 36.4 Å². The van der Waals surface area contributed by atoms with Gasteiger partial charge in [-0.1, -0.05) is 30.3 Å². The van der Waals surface area contributed by atoms with Crippen LogP contribution in [0.3, 0.4) is 0 Å². The predicted molar refractivity (Wildman–Crippen MR) is 81.1 cm³/mol. The number of carbonyl (C=O) groups excluding carboxylic acids is 1. The van der Waals surface area contributed by atoms with Crippen molar-refractivity contribution in [2.75, 3.05) is 0 Å². The number of rotatable bonds is 5. The molecular formula is C16H19N3O2. The maximum Gasteiger partial charge on any atom is 0.267 e. The van der Waals surface area contributed by atoms with E-state index in [4.69, 9.17) is 4.84 Å². The van der Waals surface area contributed by atoms with Gasteiger partial charge in [0.05, 0.1) is 12.3 Å². The van der Waals surface area contributed by atoms with Crippen molar-refractivity contribution in [1.82, 2.24) is 15.3 Å². The van der Waals surface area contributed by atoms with Crippen LogP contribution in [0.5, 0.6) is 0 Å². The molecule has 5 nitrogen and oxygen atoms in total. The second-order valence-corrected chi connectivity index (χ2v) is 4.78. The molecule has 0 aliphatic carbocycles. The van der Waals surface area contributed by atoms with Gasteiger partial charge >= 0.3 is 0 Å². The average molecular weight is 285 g/mol. The average Bonchev–Trinajstić information content (AvgIpc) is 2.71. The van der Waals surface area contributed by atoms with E-state index in [1.165, 1.54) is 6.08 Å². The number of nitrogens with one attached hydrogen (secondary N) is 1. The van der Waals surface area contributed by atoms with Gasteiger partial charge in [0.25, 0.3) is 5.91 Å². The monoisotopic (exact) mass is 285 g/mol. The Hall–Kier alpha value is -2.40. The summed E-state index contributed by atoms with van der Waals surface area (Å²) >= 11 is 0. The van der Waals surface area contributed by atoms with Crippen LogP contribution in [0, 0.1) is 13.8 Å². The molecule has 0 aliphatic heterocycles. The predicted octanol–water partition coefficient (Wildman–Crippen LogP) is 2.30. The minimum Gasteiger partial charge on any atom is -0.272 e. The minimum absolute atomic E-state index is 0.298. The molecule has 1 heterocycles. The molecule has 0 bridgehead atoms. The second-order valence-electron chi connectivity index (χ2n) is 4.78. The molecule has 0 saturated heterocycles. The summed E-state index contributed by atoms with van der Waals surface area (Å²) in [4.78, 5) is 16.8. The highest BCUT2D eigenvalue weighted by Gasteiger charge is 2.06. The topological polar surface area (TPSA) is 56.2 Å². The molecule has 0 saturated carbocycles. The Morgan fingerprint density at radius 1 is 1.33 bits per heavy atom. The summed E-state index contributed by atoms with van der Waals surface area (Å²) < 4.78 is 1.79. The summed E-state index contributed by atoms with van der Waals surface area (Å²) in [6.45, 7) is 4.21. The van der Waals surface area contributed by atoms with Crippen molar-refractivity contribution < 1.29 is 9.63 Å². The Bertz CT molecular complexity index is 645. The quantitative estimate of drug-likeness (QED) is 0.677. The first kappa shape index (κ1) is 15.0. The Morgan fingerprint density at radius 3 is 2.67 bits per heavy atom. The van der Waals surface area contributed by atoms with Gasteiger partial charge in [-0.05, 0) is 25.5 Å². The number of aryl methyl sites for hydroxylation is 2. The van der Waals surface area contributed by atoms with Crippen molar-refractivity contribution in [3.8, 4) is 0 Å². The highest BCUT2D eigenvalue weighted by atomic mass is 16.6. The largest absolute Gasteiger partial charge is 0.272 e. The molecule has 1 N–H and O–H groups in total. The van der Waals surface area contributed by atoms with Gasteiger partial charge in [0.1, 0.15) is 0 Å². The van der Waals surface area contributed by atoms with Gasteiger partial charge in [-0.15, -0.1) is 0 Å². The molecule has 0 radical (unpaired) electrons. The number of benzene rings is 1. The van der Waals surface area contributed by atoms with E-state index in [1.54, 1.807) is 10.8 Å². The van der Waals surface area contributed by atoms with Crippen LogP contribution in [0.25, 0.3) is 6.08 Å². The van der Waals surface area contributed by atoms with Gasteiger partial charge in [-0.2, -0.15) is 5.10 Å². The lowest BCUT2D eigenvalue weighted by Crippen LogP contribution is -2.21. The number of carbonyl (C=O) groups is 1. The molecule has 5 heteroatoms. The van der Waals surface area contributed by atoms with E-state index in [0.29, 0.717) is 6.61 Å². The number of nitrogens with zero attached hydrogens (tertiary/aromatic N) is 2. The highest BCUT2D eigenvalue weighted by molar-refractivity contribution is 5.91.